The van der Waals surface area contributed by atoms with E-state index in [1.165, 1.54) is 0 Å². The molecule has 0 atom stereocenters. The van der Waals surface area contributed by atoms with Gasteiger partial charge in [0.05, 0.1) is 25.8 Å². The molecule has 1 fully saturated rings. The zero-order chi connectivity index (χ0) is 24.1. The average molecular weight is 466 g/mol. The van der Waals surface area contributed by atoms with Crippen molar-refractivity contribution in [2.75, 3.05) is 45.3 Å². The van der Waals surface area contributed by atoms with Gasteiger partial charge in [-0.1, -0.05) is 19.9 Å². The molecule has 1 aromatic carbocycles. The Morgan fingerprint density at radius 2 is 2.00 bits per heavy atom. The van der Waals surface area contributed by atoms with E-state index in [-0.39, 0.29) is 24.7 Å². The second-order valence-corrected chi connectivity index (χ2v) is 8.83. The van der Waals surface area contributed by atoms with Crippen molar-refractivity contribution in [2.45, 2.75) is 26.8 Å². The van der Waals surface area contributed by atoms with Gasteiger partial charge in [-0.3, -0.25) is 14.3 Å². The molecule has 1 amide bonds. The van der Waals surface area contributed by atoms with Crippen LogP contribution in [-0.2, 0) is 22.5 Å². The highest BCUT2D eigenvalue weighted by Gasteiger charge is 2.19. The first-order chi connectivity index (χ1) is 16.4. The van der Waals surface area contributed by atoms with Crippen LogP contribution in [0.3, 0.4) is 0 Å². The zero-order valence-electron chi connectivity index (χ0n) is 19.9. The van der Waals surface area contributed by atoms with E-state index in [4.69, 9.17) is 9.47 Å². The molecule has 34 heavy (non-hydrogen) atoms. The number of fused-ring (bicyclic) bond motifs is 1. The molecular formula is C25H31N5O4. The summed E-state index contributed by atoms with van der Waals surface area (Å²) in [6.07, 6.45) is 1.98. The van der Waals surface area contributed by atoms with Gasteiger partial charge in [0.25, 0.3) is 0 Å². The number of carbonyl (C=O) groups is 2. The molecule has 1 N–H and O–H groups in total. The number of ketones is 1. The summed E-state index contributed by atoms with van der Waals surface area (Å²) >= 11 is 0. The first-order valence-electron chi connectivity index (χ1n) is 11.6. The maximum atomic E-state index is 13.0. The molecule has 1 aliphatic rings. The van der Waals surface area contributed by atoms with Crippen molar-refractivity contribution in [1.29, 1.82) is 0 Å². The molecule has 3 heterocycles. The van der Waals surface area contributed by atoms with Crippen molar-refractivity contribution in [3.8, 4) is 5.75 Å². The van der Waals surface area contributed by atoms with Crippen molar-refractivity contribution in [1.82, 2.24) is 19.7 Å². The van der Waals surface area contributed by atoms with Crippen LogP contribution in [0, 0.1) is 5.92 Å². The first-order valence-corrected chi connectivity index (χ1v) is 11.6. The number of morpholine rings is 1. The van der Waals surface area contributed by atoms with E-state index < -0.39 is 0 Å². The van der Waals surface area contributed by atoms with Gasteiger partial charge in [-0.2, -0.15) is 5.10 Å². The molecule has 2 aromatic heterocycles. The Kier molecular flexibility index (Phi) is 7.42. The van der Waals surface area contributed by atoms with Crippen LogP contribution >= 0.6 is 0 Å². The third kappa shape index (κ3) is 5.72. The number of pyridine rings is 1. The van der Waals surface area contributed by atoms with Crippen molar-refractivity contribution in [3.05, 3.63) is 47.8 Å². The van der Waals surface area contributed by atoms with Crippen LogP contribution in [0.4, 0.5) is 5.82 Å². The molecule has 9 heteroatoms. The first kappa shape index (κ1) is 23.7. The van der Waals surface area contributed by atoms with Gasteiger partial charge in [0.15, 0.2) is 5.78 Å². The Morgan fingerprint density at radius 1 is 1.21 bits per heavy atom. The van der Waals surface area contributed by atoms with Gasteiger partial charge in [-0.15, -0.1) is 0 Å². The number of Topliss-reactive ketones (excluding diaryl/α,β-unsaturated/α-hetero) is 1. The SMILES string of the molecule is COc1cc2nn(CC(=O)N3CCOCC3)cc2cc1CC(=O)c1cccc(NCC(C)C)n1. The lowest BCUT2D eigenvalue weighted by Crippen LogP contribution is -2.42. The molecule has 1 aliphatic heterocycles. The quantitative estimate of drug-likeness (QED) is 0.485. The molecule has 0 saturated carbocycles. The summed E-state index contributed by atoms with van der Waals surface area (Å²) in [6, 6.07) is 9.12. The summed E-state index contributed by atoms with van der Waals surface area (Å²) in [5, 5.41) is 8.63. The number of amides is 1. The number of nitrogens with one attached hydrogen (secondary N) is 1. The van der Waals surface area contributed by atoms with E-state index in [9.17, 15) is 9.59 Å². The highest BCUT2D eigenvalue weighted by Crippen LogP contribution is 2.26. The number of methoxy groups -OCH3 is 1. The second-order valence-electron chi connectivity index (χ2n) is 8.83. The molecular weight excluding hydrogens is 434 g/mol. The van der Waals surface area contributed by atoms with Gasteiger partial charge >= 0.3 is 0 Å². The minimum atomic E-state index is -0.0965. The van der Waals surface area contributed by atoms with Gasteiger partial charge < -0.3 is 19.7 Å². The molecule has 0 radical (unpaired) electrons. The molecule has 0 spiro atoms. The Morgan fingerprint density at radius 3 is 2.74 bits per heavy atom. The number of ether oxygens (including phenoxy) is 2. The van der Waals surface area contributed by atoms with E-state index in [0.717, 1.165) is 17.5 Å². The van der Waals surface area contributed by atoms with Crippen LogP contribution in [0.15, 0.2) is 36.5 Å². The highest BCUT2D eigenvalue weighted by atomic mass is 16.5. The number of nitrogens with zero attached hydrogens (tertiary/aromatic N) is 4. The summed E-state index contributed by atoms with van der Waals surface area (Å²) in [6.45, 7) is 7.50. The van der Waals surface area contributed by atoms with E-state index >= 15 is 0 Å². The molecule has 0 unspecified atom stereocenters. The van der Waals surface area contributed by atoms with Crippen LogP contribution in [0.25, 0.3) is 10.9 Å². The lowest BCUT2D eigenvalue weighted by atomic mass is 10.0. The average Bonchev–Trinajstić information content (AvgIpc) is 3.23. The lowest BCUT2D eigenvalue weighted by Gasteiger charge is -2.26. The molecule has 1 saturated heterocycles. The smallest absolute Gasteiger partial charge is 0.244 e. The largest absolute Gasteiger partial charge is 0.496 e. The van der Waals surface area contributed by atoms with E-state index in [1.54, 1.807) is 22.8 Å². The topological polar surface area (TPSA) is 98.6 Å². The van der Waals surface area contributed by atoms with Gasteiger partial charge in [0.1, 0.15) is 23.8 Å². The normalized spacial score (nSPS) is 13.9. The van der Waals surface area contributed by atoms with Crippen molar-refractivity contribution < 1.29 is 19.1 Å². The lowest BCUT2D eigenvalue weighted by molar-refractivity contribution is -0.136. The predicted octanol–water partition coefficient (Wildman–Crippen LogP) is 2.79. The molecule has 180 valence electrons. The number of hydrogen-bond acceptors (Lipinski definition) is 7. The van der Waals surface area contributed by atoms with E-state index in [2.05, 4.69) is 29.2 Å². The third-order valence-electron chi connectivity index (χ3n) is 5.69. The van der Waals surface area contributed by atoms with Crippen LogP contribution < -0.4 is 10.1 Å². The molecule has 4 rings (SSSR count). The summed E-state index contributed by atoms with van der Waals surface area (Å²) < 4.78 is 12.5. The summed E-state index contributed by atoms with van der Waals surface area (Å²) in [7, 11) is 1.57. The van der Waals surface area contributed by atoms with E-state index in [0.29, 0.717) is 55.0 Å². The van der Waals surface area contributed by atoms with Crippen molar-refractivity contribution >= 4 is 28.4 Å². The predicted molar refractivity (Wildman–Crippen MR) is 129 cm³/mol. The minimum absolute atomic E-state index is 0.00973. The van der Waals surface area contributed by atoms with Crippen LogP contribution in [0.1, 0.15) is 29.9 Å². The number of aromatic nitrogens is 3. The number of rotatable bonds is 9. The second kappa shape index (κ2) is 10.6. The minimum Gasteiger partial charge on any atom is -0.496 e. The third-order valence-corrected chi connectivity index (χ3v) is 5.69. The summed E-state index contributed by atoms with van der Waals surface area (Å²) in [5.41, 5.74) is 1.87. The number of carbonyl (C=O) groups excluding carboxylic acids is 2. The van der Waals surface area contributed by atoms with Gasteiger partial charge in [0, 0.05) is 49.3 Å². The van der Waals surface area contributed by atoms with Gasteiger partial charge in [-0.25, -0.2) is 4.98 Å². The molecule has 9 nitrogen and oxygen atoms in total. The maximum Gasteiger partial charge on any atom is 0.244 e. The monoisotopic (exact) mass is 465 g/mol. The summed E-state index contributed by atoms with van der Waals surface area (Å²) in [4.78, 5) is 31.8. The fourth-order valence-electron chi connectivity index (χ4n) is 3.87. The molecule has 3 aromatic rings. The number of anilines is 1. The summed E-state index contributed by atoms with van der Waals surface area (Å²) in [5.74, 6) is 1.66. The van der Waals surface area contributed by atoms with Crippen LogP contribution in [0.5, 0.6) is 5.75 Å². The fourth-order valence-corrected chi connectivity index (χ4v) is 3.87. The van der Waals surface area contributed by atoms with Gasteiger partial charge in [0.2, 0.25) is 5.91 Å². The van der Waals surface area contributed by atoms with Crippen LogP contribution in [-0.4, -0.2) is 71.3 Å². The molecule has 0 bridgehead atoms. The Hall–Kier alpha value is -3.46. The standard InChI is InChI=1S/C25H31N5O4/c1-17(2)14-26-24-6-4-5-20(27-24)22(31)12-18-11-19-15-30(28-21(19)13-23(18)33-3)16-25(32)29-7-9-34-10-8-29/h4-6,11,13,15,17H,7-10,12,14,16H2,1-3H3,(H,26,27). The van der Waals surface area contributed by atoms with Crippen molar-refractivity contribution in [3.63, 3.8) is 0 Å². The number of hydrogen-bond donors (Lipinski definition) is 1. The Balaban J connectivity index is 1.50. The van der Waals surface area contributed by atoms with Crippen molar-refractivity contribution in [2.24, 2.45) is 5.92 Å². The van der Waals surface area contributed by atoms with Gasteiger partial charge in [-0.05, 0) is 24.1 Å². The fraction of sp³-hybridized carbons (Fsp3) is 0.440. The highest BCUT2D eigenvalue weighted by molar-refractivity contribution is 5.97. The van der Waals surface area contributed by atoms with E-state index in [1.807, 2.05) is 30.5 Å². The maximum absolute atomic E-state index is 13.0. The van der Waals surface area contributed by atoms with Crippen LogP contribution in [0.2, 0.25) is 0 Å². The Bertz CT molecular complexity index is 1170. The Labute approximate surface area is 199 Å². The molecule has 0 aliphatic carbocycles. The zero-order valence-corrected chi connectivity index (χ0v) is 19.9. The number of benzene rings is 1.